The Hall–Kier alpha value is -3.35. The van der Waals surface area contributed by atoms with Gasteiger partial charge in [-0.1, -0.05) is 12.1 Å². The van der Waals surface area contributed by atoms with Gasteiger partial charge in [-0.05, 0) is 49.6 Å². The average Bonchev–Trinajstić information content (AvgIpc) is 3.19. The lowest BCUT2D eigenvalue weighted by Gasteiger charge is -2.28. The van der Waals surface area contributed by atoms with E-state index in [0.29, 0.717) is 37.7 Å². The summed E-state index contributed by atoms with van der Waals surface area (Å²) in [5.41, 5.74) is 2.97. The molecular formula is C21H22N4O3. The van der Waals surface area contributed by atoms with Crippen molar-refractivity contribution >= 4 is 23.5 Å². The van der Waals surface area contributed by atoms with Crippen LogP contribution >= 0.6 is 0 Å². The lowest BCUT2D eigenvalue weighted by atomic mass is 9.97. The largest absolute Gasteiger partial charge is 0.481 e. The molecule has 0 atom stereocenters. The van der Waals surface area contributed by atoms with Crippen LogP contribution in [0.1, 0.15) is 18.4 Å². The lowest BCUT2D eigenvalue weighted by Crippen LogP contribution is -2.36. The number of piperidine rings is 1. The van der Waals surface area contributed by atoms with Crippen LogP contribution in [0.15, 0.2) is 53.2 Å². The zero-order chi connectivity index (χ0) is 19.5. The van der Waals surface area contributed by atoms with Gasteiger partial charge < -0.3 is 19.7 Å². The predicted octanol–water partition coefficient (Wildman–Crippen LogP) is 4.09. The molecule has 4 rings (SSSR count). The topological polar surface area (TPSA) is 91.5 Å². The zero-order valence-electron chi connectivity index (χ0n) is 15.6. The van der Waals surface area contributed by atoms with Crippen LogP contribution in [0.3, 0.4) is 0 Å². The first-order chi connectivity index (χ1) is 13.6. The van der Waals surface area contributed by atoms with Crippen molar-refractivity contribution in [2.75, 3.05) is 23.3 Å². The number of hydrogen-bond donors (Lipinski definition) is 2. The van der Waals surface area contributed by atoms with Gasteiger partial charge in [0.05, 0.1) is 12.1 Å². The monoisotopic (exact) mass is 378 g/mol. The quantitative estimate of drug-likeness (QED) is 0.691. The van der Waals surface area contributed by atoms with Crippen LogP contribution in [-0.2, 0) is 4.79 Å². The molecule has 0 saturated carbocycles. The third-order valence-corrected chi connectivity index (χ3v) is 4.94. The summed E-state index contributed by atoms with van der Waals surface area (Å²) in [6.07, 6.45) is 4.70. The van der Waals surface area contributed by atoms with Crippen LogP contribution < -0.4 is 10.2 Å². The summed E-state index contributed by atoms with van der Waals surface area (Å²) in [7, 11) is 0. The number of aliphatic carboxylic acids is 1. The highest BCUT2D eigenvalue weighted by Crippen LogP contribution is 2.29. The standard InChI is InChI=1S/C21H22N4O3/c1-14-5-8-22-19(11-14)24-17-4-2-3-16(12-17)18-13-23-21(28-18)25-9-6-15(7-10-25)20(26)27/h2-5,8,11-13,15H,6-7,9-10H2,1H3,(H,22,24)(H,26,27). The number of carboxylic acids is 1. The van der Waals surface area contributed by atoms with Gasteiger partial charge in [0.1, 0.15) is 5.82 Å². The van der Waals surface area contributed by atoms with Crippen LogP contribution in [-0.4, -0.2) is 34.1 Å². The summed E-state index contributed by atoms with van der Waals surface area (Å²) >= 11 is 0. The molecule has 3 aromatic rings. The highest BCUT2D eigenvalue weighted by atomic mass is 16.4. The third-order valence-electron chi connectivity index (χ3n) is 4.94. The van der Waals surface area contributed by atoms with E-state index in [4.69, 9.17) is 9.52 Å². The van der Waals surface area contributed by atoms with Crippen molar-refractivity contribution in [3.63, 3.8) is 0 Å². The second kappa shape index (κ2) is 7.72. The summed E-state index contributed by atoms with van der Waals surface area (Å²) in [6.45, 7) is 3.30. The molecule has 1 saturated heterocycles. The van der Waals surface area contributed by atoms with Crippen LogP contribution in [0, 0.1) is 12.8 Å². The molecule has 0 aliphatic carbocycles. The van der Waals surface area contributed by atoms with Crippen molar-refractivity contribution in [1.82, 2.24) is 9.97 Å². The van der Waals surface area contributed by atoms with Gasteiger partial charge in [-0.25, -0.2) is 9.97 Å². The third kappa shape index (κ3) is 3.98. The molecule has 0 radical (unpaired) electrons. The number of rotatable bonds is 5. The molecule has 1 aliphatic heterocycles. The Labute approximate surface area is 163 Å². The van der Waals surface area contributed by atoms with E-state index in [2.05, 4.69) is 15.3 Å². The highest BCUT2D eigenvalue weighted by molar-refractivity contribution is 5.70. The number of carbonyl (C=O) groups is 1. The van der Waals surface area contributed by atoms with E-state index in [1.807, 2.05) is 48.2 Å². The molecule has 1 aliphatic rings. The van der Waals surface area contributed by atoms with Gasteiger partial charge in [-0.15, -0.1) is 0 Å². The number of oxazole rings is 1. The highest BCUT2D eigenvalue weighted by Gasteiger charge is 2.26. The van der Waals surface area contributed by atoms with E-state index in [1.165, 1.54) is 0 Å². The molecule has 0 spiro atoms. The number of benzene rings is 1. The number of hydrogen-bond acceptors (Lipinski definition) is 6. The van der Waals surface area contributed by atoms with Gasteiger partial charge in [-0.3, -0.25) is 4.79 Å². The fourth-order valence-electron chi connectivity index (χ4n) is 3.36. The van der Waals surface area contributed by atoms with Crippen LogP contribution in [0.2, 0.25) is 0 Å². The Morgan fingerprint density at radius 1 is 1.21 bits per heavy atom. The first-order valence-corrected chi connectivity index (χ1v) is 9.32. The second-order valence-corrected chi connectivity index (χ2v) is 7.03. The molecule has 1 fully saturated rings. The Kier molecular flexibility index (Phi) is 4.97. The van der Waals surface area contributed by atoms with Crippen molar-refractivity contribution in [2.24, 2.45) is 5.92 Å². The summed E-state index contributed by atoms with van der Waals surface area (Å²) in [5.74, 6) is 0.469. The maximum absolute atomic E-state index is 11.1. The molecule has 2 aromatic heterocycles. The number of nitrogens with zero attached hydrogens (tertiary/aromatic N) is 3. The number of aromatic nitrogens is 2. The van der Waals surface area contributed by atoms with E-state index >= 15 is 0 Å². The summed E-state index contributed by atoms with van der Waals surface area (Å²) in [6, 6.07) is 12.4. The number of anilines is 3. The molecule has 0 amide bonds. The van der Waals surface area contributed by atoms with Crippen molar-refractivity contribution in [2.45, 2.75) is 19.8 Å². The normalized spacial score (nSPS) is 14.8. The second-order valence-electron chi connectivity index (χ2n) is 7.03. The molecule has 7 heteroatoms. The molecule has 2 N–H and O–H groups in total. The average molecular weight is 378 g/mol. The summed E-state index contributed by atoms with van der Waals surface area (Å²) in [5, 5.41) is 12.4. The van der Waals surface area contributed by atoms with E-state index < -0.39 is 5.97 Å². The van der Waals surface area contributed by atoms with Gasteiger partial charge >= 0.3 is 5.97 Å². The van der Waals surface area contributed by atoms with E-state index in [1.54, 1.807) is 12.4 Å². The summed E-state index contributed by atoms with van der Waals surface area (Å²) < 4.78 is 5.95. The molecule has 7 nitrogen and oxygen atoms in total. The first-order valence-electron chi connectivity index (χ1n) is 9.32. The fourth-order valence-corrected chi connectivity index (χ4v) is 3.36. The predicted molar refractivity (Wildman–Crippen MR) is 107 cm³/mol. The van der Waals surface area contributed by atoms with Crippen molar-refractivity contribution in [3.8, 4) is 11.3 Å². The minimum Gasteiger partial charge on any atom is -0.481 e. The maximum atomic E-state index is 11.1. The Morgan fingerprint density at radius 2 is 2.04 bits per heavy atom. The molecule has 28 heavy (non-hydrogen) atoms. The van der Waals surface area contributed by atoms with E-state index in [0.717, 1.165) is 22.6 Å². The number of pyridine rings is 1. The van der Waals surface area contributed by atoms with Crippen molar-refractivity contribution in [3.05, 3.63) is 54.4 Å². The van der Waals surface area contributed by atoms with Crippen molar-refractivity contribution < 1.29 is 14.3 Å². The Bertz CT molecular complexity index is 977. The van der Waals surface area contributed by atoms with Gasteiger partial charge in [-0.2, -0.15) is 0 Å². The van der Waals surface area contributed by atoms with Gasteiger partial charge in [0.15, 0.2) is 5.76 Å². The van der Waals surface area contributed by atoms with Crippen LogP contribution in [0.4, 0.5) is 17.5 Å². The first kappa shape index (κ1) is 18.0. The molecular weight excluding hydrogens is 356 g/mol. The van der Waals surface area contributed by atoms with Crippen molar-refractivity contribution in [1.29, 1.82) is 0 Å². The zero-order valence-corrected chi connectivity index (χ0v) is 15.6. The Balaban J connectivity index is 1.47. The van der Waals surface area contributed by atoms with Gasteiger partial charge in [0, 0.05) is 30.5 Å². The number of nitrogens with one attached hydrogen (secondary N) is 1. The lowest BCUT2D eigenvalue weighted by molar-refractivity contribution is -0.142. The SMILES string of the molecule is Cc1ccnc(Nc2cccc(-c3cnc(N4CCC(C(=O)O)CC4)o3)c2)c1. The maximum Gasteiger partial charge on any atom is 0.306 e. The van der Waals surface area contributed by atoms with Gasteiger partial charge in [0.2, 0.25) is 0 Å². The molecule has 1 aromatic carbocycles. The fraction of sp³-hybridized carbons (Fsp3) is 0.286. The van der Waals surface area contributed by atoms with E-state index in [-0.39, 0.29) is 5.92 Å². The van der Waals surface area contributed by atoms with Gasteiger partial charge in [0.25, 0.3) is 6.01 Å². The van der Waals surface area contributed by atoms with E-state index in [9.17, 15) is 4.79 Å². The van der Waals surface area contributed by atoms with Crippen LogP contribution in [0.25, 0.3) is 11.3 Å². The number of aryl methyl sites for hydroxylation is 1. The molecule has 0 unspecified atom stereocenters. The minimum atomic E-state index is -0.722. The molecule has 144 valence electrons. The minimum absolute atomic E-state index is 0.274. The van der Waals surface area contributed by atoms with Crippen LogP contribution in [0.5, 0.6) is 0 Å². The Morgan fingerprint density at radius 3 is 2.79 bits per heavy atom. The number of carboxylic acid groups (broad SMARTS) is 1. The summed E-state index contributed by atoms with van der Waals surface area (Å²) in [4.78, 5) is 21.8. The molecule has 0 bridgehead atoms. The smallest absolute Gasteiger partial charge is 0.306 e. The molecule has 3 heterocycles.